The van der Waals surface area contributed by atoms with E-state index < -0.39 is 10.0 Å². The van der Waals surface area contributed by atoms with Gasteiger partial charge >= 0.3 is 0 Å². The lowest BCUT2D eigenvalue weighted by molar-refractivity contribution is -0.120. The van der Waals surface area contributed by atoms with E-state index in [-0.39, 0.29) is 39.1 Å². The zero-order valence-corrected chi connectivity index (χ0v) is 13.6. The molecular formula is C11H13BrClN3O3S. The molecule has 20 heavy (non-hydrogen) atoms. The van der Waals surface area contributed by atoms with Gasteiger partial charge in [-0.05, 0) is 34.5 Å². The molecule has 2 rings (SSSR count). The third-order valence-corrected chi connectivity index (χ3v) is 6.11. The van der Waals surface area contributed by atoms with Crippen molar-refractivity contribution in [3.05, 3.63) is 21.6 Å². The first-order valence-electron chi connectivity index (χ1n) is 5.84. The summed E-state index contributed by atoms with van der Waals surface area (Å²) in [4.78, 5) is 11.5. The molecule has 0 radical (unpaired) electrons. The minimum atomic E-state index is -3.83. The van der Waals surface area contributed by atoms with Crippen molar-refractivity contribution in [2.75, 3.05) is 25.4 Å². The Kier molecular flexibility index (Phi) is 4.58. The molecule has 1 fully saturated rings. The molecule has 1 aromatic rings. The van der Waals surface area contributed by atoms with Crippen molar-refractivity contribution in [1.82, 2.24) is 9.62 Å². The number of halogens is 2. The van der Waals surface area contributed by atoms with Crippen molar-refractivity contribution >= 4 is 49.1 Å². The van der Waals surface area contributed by atoms with Crippen LogP contribution in [0.25, 0.3) is 0 Å². The van der Waals surface area contributed by atoms with Crippen LogP contribution < -0.4 is 11.1 Å². The molecule has 1 aliphatic heterocycles. The van der Waals surface area contributed by atoms with Gasteiger partial charge in [-0.2, -0.15) is 4.31 Å². The molecule has 3 N–H and O–H groups in total. The summed E-state index contributed by atoms with van der Waals surface area (Å²) < 4.78 is 26.6. The Balaban J connectivity index is 2.47. The number of carbonyl (C=O) groups is 1. The largest absolute Gasteiger partial charge is 0.398 e. The van der Waals surface area contributed by atoms with Crippen molar-refractivity contribution in [2.45, 2.75) is 11.3 Å². The third-order valence-electron chi connectivity index (χ3n) is 2.88. The van der Waals surface area contributed by atoms with Gasteiger partial charge in [-0.15, -0.1) is 0 Å². The minimum Gasteiger partial charge on any atom is -0.398 e. The average molecular weight is 383 g/mol. The van der Waals surface area contributed by atoms with E-state index in [1.54, 1.807) is 0 Å². The standard InChI is InChI=1S/C11H13BrClN3O3S/c12-11-8(14)4-7(13)5-9(11)20(18,19)16-3-1-2-15-10(17)6-16/h4-5H,1-3,6,14H2,(H,15,17). The van der Waals surface area contributed by atoms with Gasteiger partial charge in [0.25, 0.3) is 0 Å². The van der Waals surface area contributed by atoms with Gasteiger partial charge in [0.2, 0.25) is 15.9 Å². The Labute approximate surface area is 130 Å². The van der Waals surface area contributed by atoms with Crippen LogP contribution in [0.15, 0.2) is 21.5 Å². The molecule has 1 saturated heterocycles. The average Bonchev–Trinajstić information content (AvgIpc) is 2.58. The van der Waals surface area contributed by atoms with E-state index in [1.165, 1.54) is 12.1 Å². The van der Waals surface area contributed by atoms with Crippen LogP contribution in [0.5, 0.6) is 0 Å². The highest BCUT2D eigenvalue weighted by Gasteiger charge is 2.30. The zero-order chi connectivity index (χ0) is 14.9. The lowest BCUT2D eigenvalue weighted by atomic mass is 10.3. The number of nitrogens with zero attached hydrogens (tertiary/aromatic N) is 1. The number of nitrogens with two attached hydrogens (primary N) is 1. The maximum atomic E-state index is 12.6. The zero-order valence-electron chi connectivity index (χ0n) is 10.4. The first kappa shape index (κ1) is 15.6. The van der Waals surface area contributed by atoms with Crippen LogP contribution in [0, 0.1) is 0 Å². The molecular weight excluding hydrogens is 370 g/mol. The molecule has 1 heterocycles. The Morgan fingerprint density at radius 3 is 2.80 bits per heavy atom. The fraction of sp³-hybridized carbons (Fsp3) is 0.364. The number of carbonyl (C=O) groups excluding carboxylic acids is 1. The monoisotopic (exact) mass is 381 g/mol. The van der Waals surface area contributed by atoms with Crippen molar-refractivity contribution in [1.29, 1.82) is 0 Å². The van der Waals surface area contributed by atoms with E-state index in [0.29, 0.717) is 13.0 Å². The predicted molar refractivity (Wildman–Crippen MR) is 79.9 cm³/mol. The normalized spacial score (nSPS) is 17.6. The van der Waals surface area contributed by atoms with E-state index in [4.69, 9.17) is 17.3 Å². The maximum Gasteiger partial charge on any atom is 0.244 e. The summed E-state index contributed by atoms with van der Waals surface area (Å²) in [5, 5.41) is 2.85. The van der Waals surface area contributed by atoms with Crippen LogP contribution in [0.3, 0.4) is 0 Å². The smallest absolute Gasteiger partial charge is 0.244 e. The van der Waals surface area contributed by atoms with Crippen molar-refractivity contribution in [2.24, 2.45) is 0 Å². The van der Waals surface area contributed by atoms with E-state index in [2.05, 4.69) is 21.2 Å². The van der Waals surface area contributed by atoms with E-state index in [0.717, 1.165) is 4.31 Å². The first-order valence-corrected chi connectivity index (χ1v) is 8.45. The second-order valence-electron chi connectivity index (χ2n) is 4.35. The fourth-order valence-electron chi connectivity index (χ4n) is 1.89. The molecule has 1 amide bonds. The first-order chi connectivity index (χ1) is 9.32. The summed E-state index contributed by atoms with van der Waals surface area (Å²) >= 11 is 9.03. The molecule has 6 nitrogen and oxygen atoms in total. The highest BCUT2D eigenvalue weighted by Crippen LogP contribution is 2.33. The molecule has 0 spiro atoms. The quantitative estimate of drug-likeness (QED) is 0.752. The summed E-state index contributed by atoms with van der Waals surface area (Å²) in [5.41, 5.74) is 5.94. The lowest BCUT2D eigenvalue weighted by Gasteiger charge is -2.20. The maximum absolute atomic E-state index is 12.6. The Hall–Kier alpha value is -0.830. The molecule has 1 aromatic carbocycles. The van der Waals surface area contributed by atoms with Gasteiger partial charge in [-0.1, -0.05) is 11.6 Å². The highest BCUT2D eigenvalue weighted by molar-refractivity contribution is 9.10. The molecule has 9 heteroatoms. The molecule has 0 aliphatic carbocycles. The fourth-order valence-corrected chi connectivity index (χ4v) is 4.58. The number of nitrogen functional groups attached to an aromatic ring is 1. The molecule has 0 aromatic heterocycles. The van der Waals surface area contributed by atoms with Crippen molar-refractivity contribution < 1.29 is 13.2 Å². The number of amides is 1. The molecule has 0 atom stereocenters. The van der Waals surface area contributed by atoms with Crippen LogP contribution in [0.1, 0.15) is 6.42 Å². The predicted octanol–water partition coefficient (Wildman–Crippen LogP) is 1.20. The van der Waals surface area contributed by atoms with Crippen LogP contribution in [0.4, 0.5) is 5.69 Å². The second kappa shape index (κ2) is 5.88. The van der Waals surface area contributed by atoms with Gasteiger partial charge in [0.15, 0.2) is 0 Å². The Morgan fingerprint density at radius 1 is 1.40 bits per heavy atom. The van der Waals surface area contributed by atoms with Gasteiger partial charge in [0.05, 0.1) is 15.9 Å². The minimum absolute atomic E-state index is 0.0304. The summed E-state index contributed by atoms with van der Waals surface area (Å²) in [5.74, 6) is -0.322. The topological polar surface area (TPSA) is 92.5 Å². The summed E-state index contributed by atoms with van der Waals surface area (Å²) in [6.07, 6.45) is 0.554. The van der Waals surface area contributed by atoms with Gasteiger partial charge < -0.3 is 11.1 Å². The SMILES string of the molecule is Nc1cc(Cl)cc(S(=O)(=O)N2CCCNC(=O)C2)c1Br. The second-order valence-corrected chi connectivity index (χ2v) is 7.49. The molecule has 0 unspecified atom stereocenters. The number of hydrogen-bond acceptors (Lipinski definition) is 4. The molecule has 0 saturated carbocycles. The van der Waals surface area contributed by atoms with E-state index in [9.17, 15) is 13.2 Å². The third kappa shape index (κ3) is 3.08. The van der Waals surface area contributed by atoms with Gasteiger partial charge in [-0.25, -0.2) is 8.42 Å². The van der Waals surface area contributed by atoms with Gasteiger partial charge in [0.1, 0.15) is 0 Å². The highest BCUT2D eigenvalue weighted by atomic mass is 79.9. The van der Waals surface area contributed by atoms with Crippen molar-refractivity contribution in [3.63, 3.8) is 0 Å². The molecule has 0 bridgehead atoms. The number of hydrogen-bond donors (Lipinski definition) is 2. The number of rotatable bonds is 2. The molecule has 110 valence electrons. The lowest BCUT2D eigenvalue weighted by Crippen LogP contribution is -2.37. The van der Waals surface area contributed by atoms with E-state index in [1.807, 2.05) is 0 Å². The Morgan fingerprint density at radius 2 is 2.10 bits per heavy atom. The number of anilines is 1. The van der Waals surface area contributed by atoms with Crippen molar-refractivity contribution in [3.8, 4) is 0 Å². The van der Waals surface area contributed by atoms with Crippen LogP contribution >= 0.6 is 27.5 Å². The summed E-state index contributed by atoms with van der Waals surface area (Å²) in [6, 6.07) is 2.78. The number of nitrogens with one attached hydrogen (secondary N) is 1. The van der Waals surface area contributed by atoms with E-state index >= 15 is 0 Å². The van der Waals surface area contributed by atoms with Gasteiger partial charge in [-0.3, -0.25) is 4.79 Å². The van der Waals surface area contributed by atoms with Crippen LogP contribution in [-0.2, 0) is 14.8 Å². The van der Waals surface area contributed by atoms with Crippen LogP contribution in [0.2, 0.25) is 5.02 Å². The Bertz CT molecular complexity index is 651. The number of sulfonamides is 1. The van der Waals surface area contributed by atoms with Gasteiger partial charge in [0, 0.05) is 23.8 Å². The summed E-state index contributed by atoms with van der Waals surface area (Å²) in [6.45, 7) is 0.519. The summed E-state index contributed by atoms with van der Waals surface area (Å²) in [7, 11) is -3.83. The number of benzene rings is 1. The molecule has 1 aliphatic rings. The van der Waals surface area contributed by atoms with Crippen LogP contribution in [-0.4, -0.2) is 38.3 Å².